The van der Waals surface area contributed by atoms with E-state index in [1.54, 1.807) is 0 Å². The van der Waals surface area contributed by atoms with E-state index in [-0.39, 0.29) is 0 Å². The fourth-order valence-electron chi connectivity index (χ4n) is 0.893. The van der Waals surface area contributed by atoms with Crippen molar-refractivity contribution < 1.29 is 0 Å². The highest BCUT2D eigenvalue weighted by Crippen LogP contribution is 2.14. The lowest BCUT2D eigenvalue weighted by molar-refractivity contribution is 0.971. The van der Waals surface area contributed by atoms with Crippen LogP contribution in [0.3, 0.4) is 0 Å². The average molecular weight is 184 g/mol. The monoisotopic (exact) mass is 184 g/mol. The largest absolute Gasteiger partial charge is 0.181 e. The van der Waals surface area contributed by atoms with E-state index in [4.69, 9.17) is 10.5 Å². The molecule has 0 fully saturated rings. The lowest BCUT2D eigenvalue weighted by atomic mass is 10.0. The molecule has 0 N–H and O–H groups in total. The maximum Gasteiger partial charge on any atom is 0.181 e. The molecule has 0 bridgehead atoms. The summed E-state index contributed by atoms with van der Waals surface area (Å²) >= 11 is 0. The van der Waals surface area contributed by atoms with Crippen molar-refractivity contribution in [2.75, 3.05) is 0 Å². The normalized spacial score (nSPS) is 9.64. The molecule has 2 heteroatoms. The van der Waals surface area contributed by atoms with Crippen LogP contribution < -0.4 is 0 Å². The molecule has 0 heterocycles. The maximum atomic E-state index is 7.26. The van der Waals surface area contributed by atoms with Crippen LogP contribution in [0.4, 0.5) is 0 Å². The fourth-order valence-corrected chi connectivity index (χ4v) is 0.893. The van der Waals surface area contributed by atoms with Gasteiger partial charge in [0.1, 0.15) is 0 Å². The first-order valence-electron chi connectivity index (χ1n) is 4.22. The molecular weight excluding hydrogens is 172 g/mol. The van der Waals surface area contributed by atoms with Gasteiger partial charge in [0.15, 0.2) is 12.1 Å². The molecule has 0 saturated carbocycles. The second kappa shape index (κ2) is 7.58. The Balaban J connectivity index is 0.000000364. The minimum Gasteiger partial charge on any atom is -0.181 e. The Hall–Kier alpha value is -2.06. The summed E-state index contributed by atoms with van der Waals surface area (Å²) in [5, 5.41) is 14.5. The number of hydrogen-bond acceptors (Lipinski definition) is 2. The van der Waals surface area contributed by atoms with E-state index in [1.165, 1.54) is 17.7 Å². The lowest BCUT2D eigenvalue weighted by Crippen LogP contribution is -1.85. The van der Waals surface area contributed by atoms with Crippen molar-refractivity contribution in [2.24, 2.45) is 0 Å². The third kappa shape index (κ3) is 4.74. The Labute approximate surface area is 84.7 Å². The van der Waals surface area contributed by atoms with Crippen LogP contribution in [0, 0.1) is 22.7 Å². The first-order chi connectivity index (χ1) is 6.76. The van der Waals surface area contributed by atoms with E-state index < -0.39 is 0 Å². The van der Waals surface area contributed by atoms with E-state index >= 15 is 0 Å². The van der Waals surface area contributed by atoms with Crippen LogP contribution in [-0.4, -0.2) is 0 Å². The molecule has 1 aromatic carbocycles. The molecular formula is C12H12N2. The van der Waals surface area contributed by atoms with Crippen LogP contribution >= 0.6 is 0 Å². The summed E-state index contributed by atoms with van der Waals surface area (Å²) in [5.74, 6) is 0.473. The maximum absolute atomic E-state index is 7.26. The molecule has 1 rings (SSSR count). The summed E-state index contributed by atoms with van der Waals surface area (Å²) in [6.45, 7) is 5.88. The van der Waals surface area contributed by atoms with Crippen LogP contribution in [0.5, 0.6) is 0 Å². The Morgan fingerprint density at radius 1 is 1.21 bits per heavy atom. The van der Waals surface area contributed by atoms with Gasteiger partial charge < -0.3 is 0 Å². The molecule has 0 aliphatic heterocycles. The smallest absolute Gasteiger partial charge is 0.181 e. The van der Waals surface area contributed by atoms with Crippen molar-refractivity contribution in [2.45, 2.75) is 12.8 Å². The highest BCUT2D eigenvalue weighted by atomic mass is 14.3. The predicted molar refractivity (Wildman–Crippen MR) is 56.3 cm³/mol. The van der Waals surface area contributed by atoms with Gasteiger partial charge in [0, 0.05) is 0 Å². The quantitative estimate of drug-likeness (QED) is 0.663. The van der Waals surface area contributed by atoms with Gasteiger partial charge in [-0.25, -0.2) is 0 Å². The molecule has 2 nitrogen and oxygen atoms in total. The number of rotatable bonds is 2. The summed E-state index contributed by atoms with van der Waals surface area (Å²) < 4.78 is 0. The first-order valence-corrected chi connectivity index (χ1v) is 4.22. The van der Waals surface area contributed by atoms with Crippen molar-refractivity contribution in [3.63, 3.8) is 0 Å². The van der Waals surface area contributed by atoms with E-state index in [9.17, 15) is 0 Å². The minimum absolute atomic E-state index is 0.473. The summed E-state index contributed by atoms with van der Waals surface area (Å²) in [7, 11) is 0. The van der Waals surface area contributed by atoms with Crippen LogP contribution in [0.1, 0.15) is 18.4 Å². The third-order valence-corrected chi connectivity index (χ3v) is 1.73. The zero-order chi connectivity index (χ0) is 10.8. The highest BCUT2D eigenvalue weighted by Gasteiger charge is 1.96. The molecule has 0 radical (unpaired) electrons. The number of hydrogen-bond donors (Lipinski definition) is 0. The number of nitrogens with zero attached hydrogens (tertiary/aromatic N) is 2. The number of nitriles is 2. The Kier molecular flexibility index (Phi) is 6.47. The molecule has 0 spiro atoms. The fraction of sp³-hybridized carbons (Fsp3) is 0.167. The lowest BCUT2D eigenvalue weighted by Gasteiger charge is -2.03. The molecule has 1 unspecified atom stereocenters. The van der Waals surface area contributed by atoms with Gasteiger partial charge in [-0.3, -0.25) is 0 Å². The van der Waals surface area contributed by atoms with E-state index in [1.807, 2.05) is 12.1 Å². The van der Waals surface area contributed by atoms with Gasteiger partial charge in [0.2, 0.25) is 0 Å². The van der Waals surface area contributed by atoms with E-state index in [0.29, 0.717) is 5.92 Å². The van der Waals surface area contributed by atoms with Crippen molar-refractivity contribution in [3.05, 3.63) is 48.6 Å². The minimum atomic E-state index is 0.473. The predicted octanol–water partition coefficient (Wildman–Crippen LogP) is 3.01. The topological polar surface area (TPSA) is 47.6 Å². The number of benzene rings is 1. The number of allylic oxidation sites excluding steroid dienone is 1. The molecule has 0 aliphatic rings. The first kappa shape index (κ1) is 11.9. The highest BCUT2D eigenvalue weighted by molar-refractivity contribution is 5.21. The van der Waals surface area contributed by atoms with Gasteiger partial charge >= 0.3 is 0 Å². The zero-order valence-electron chi connectivity index (χ0n) is 8.14. The van der Waals surface area contributed by atoms with Crippen LogP contribution in [0.15, 0.2) is 43.0 Å². The van der Waals surface area contributed by atoms with Crippen LogP contribution in [-0.2, 0) is 0 Å². The van der Waals surface area contributed by atoms with Gasteiger partial charge in [0.25, 0.3) is 0 Å². The standard InChI is InChI=1S/C10H12.C2N2/c1-3-9(2)10-7-5-4-6-8-10;3-1-2-4/h3-9H,1H2,2H3;. The van der Waals surface area contributed by atoms with Gasteiger partial charge in [-0.15, -0.1) is 6.58 Å². The van der Waals surface area contributed by atoms with Crippen molar-refractivity contribution in [3.8, 4) is 12.1 Å². The van der Waals surface area contributed by atoms with Crippen molar-refractivity contribution in [1.29, 1.82) is 10.5 Å². The molecule has 1 atom stereocenters. The van der Waals surface area contributed by atoms with Crippen LogP contribution in [0.2, 0.25) is 0 Å². The third-order valence-electron chi connectivity index (χ3n) is 1.73. The molecule has 0 saturated heterocycles. The molecule has 0 aliphatic carbocycles. The molecule has 1 aromatic rings. The SMILES string of the molecule is C=CC(C)c1ccccc1.N#CC#N. The summed E-state index contributed by atoms with van der Waals surface area (Å²) in [6, 6.07) is 12.8. The van der Waals surface area contributed by atoms with Gasteiger partial charge in [-0.2, -0.15) is 10.5 Å². The van der Waals surface area contributed by atoms with E-state index in [0.717, 1.165) is 0 Å². The van der Waals surface area contributed by atoms with Crippen molar-refractivity contribution in [1.82, 2.24) is 0 Å². The average Bonchev–Trinajstić information content (AvgIpc) is 2.29. The second-order valence-electron chi connectivity index (χ2n) is 2.66. The summed E-state index contributed by atoms with van der Waals surface area (Å²) in [5.41, 5.74) is 1.33. The molecule has 70 valence electrons. The van der Waals surface area contributed by atoms with Gasteiger partial charge in [-0.05, 0) is 11.5 Å². The van der Waals surface area contributed by atoms with Crippen LogP contribution in [0.25, 0.3) is 0 Å². The van der Waals surface area contributed by atoms with E-state index in [2.05, 4.69) is 37.8 Å². The molecule has 0 amide bonds. The summed E-state index contributed by atoms with van der Waals surface area (Å²) in [6.07, 6.45) is 1.95. The van der Waals surface area contributed by atoms with Gasteiger partial charge in [-0.1, -0.05) is 43.3 Å². The van der Waals surface area contributed by atoms with Gasteiger partial charge in [0.05, 0.1) is 0 Å². The summed E-state index contributed by atoms with van der Waals surface area (Å²) in [4.78, 5) is 0. The Bertz CT molecular complexity index is 329. The Morgan fingerprint density at radius 3 is 2.07 bits per heavy atom. The molecule has 14 heavy (non-hydrogen) atoms. The Morgan fingerprint density at radius 2 is 1.71 bits per heavy atom. The zero-order valence-corrected chi connectivity index (χ0v) is 8.14. The second-order valence-corrected chi connectivity index (χ2v) is 2.66. The molecule has 0 aromatic heterocycles. The van der Waals surface area contributed by atoms with Crippen molar-refractivity contribution >= 4 is 0 Å².